The summed E-state index contributed by atoms with van der Waals surface area (Å²) in [7, 11) is 0. The van der Waals surface area contributed by atoms with Crippen molar-refractivity contribution in [2.75, 3.05) is 11.9 Å². The number of carbonyl (C=O) groups excluding carboxylic acids is 2. The van der Waals surface area contributed by atoms with Crippen LogP contribution in [-0.2, 0) is 4.79 Å². The Morgan fingerprint density at radius 3 is 2.62 bits per heavy atom. The number of rotatable bonds is 6. The zero-order valence-electron chi connectivity index (χ0n) is 14.2. The zero-order valence-corrected chi connectivity index (χ0v) is 15.8. The van der Waals surface area contributed by atoms with Crippen LogP contribution >= 0.6 is 23.4 Å². The van der Waals surface area contributed by atoms with Gasteiger partial charge in [0.05, 0.1) is 12.1 Å². The number of pyridine rings is 1. The topological polar surface area (TPSA) is 71.1 Å². The van der Waals surface area contributed by atoms with Crippen molar-refractivity contribution in [3.8, 4) is 0 Å². The van der Waals surface area contributed by atoms with Crippen LogP contribution in [0.3, 0.4) is 0 Å². The van der Waals surface area contributed by atoms with E-state index in [1.165, 1.54) is 12.8 Å². The quantitative estimate of drug-likeness (QED) is 0.778. The van der Waals surface area contributed by atoms with Gasteiger partial charge in [0, 0.05) is 22.2 Å². The van der Waals surface area contributed by atoms with Crippen molar-refractivity contribution in [2.24, 2.45) is 0 Å². The molecule has 0 atom stereocenters. The van der Waals surface area contributed by atoms with Crippen LogP contribution in [-0.4, -0.2) is 28.6 Å². The molecule has 136 valence electrons. The van der Waals surface area contributed by atoms with E-state index in [1.807, 2.05) is 0 Å². The van der Waals surface area contributed by atoms with E-state index >= 15 is 0 Å². The summed E-state index contributed by atoms with van der Waals surface area (Å²) >= 11 is 7.48. The highest BCUT2D eigenvalue weighted by atomic mass is 35.5. The fraction of sp³-hybridized carbons (Fsp3) is 0.316. The summed E-state index contributed by atoms with van der Waals surface area (Å²) in [6.45, 7) is -0.107. The Morgan fingerprint density at radius 2 is 1.88 bits per heavy atom. The zero-order chi connectivity index (χ0) is 18.4. The Hall–Kier alpha value is -2.05. The van der Waals surface area contributed by atoms with E-state index < -0.39 is 0 Å². The molecule has 0 aliphatic heterocycles. The van der Waals surface area contributed by atoms with Gasteiger partial charge in [-0.05, 0) is 49.2 Å². The second-order valence-electron chi connectivity index (χ2n) is 6.12. The number of carbonyl (C=O) groups is 2. The molecule has 0 saturated heterocycles. The molecule has 2 amide bonds. The van der Waals surface area contributed by atoms with Gasteiger partial charge in [0.1, 0.15) is 5.03 Å². The van der Waals surface area contributed by atoms with Gasteiger partial charge >= 0.3 is 0 Å². The van der Waals surface area contributed by atoms with Crippen molar-refractivity contribution >= 4 is 40.9 Å². The van der Waals surface area contributed by atoms with Crippen LogP contribution in [0.25, 0.3) is 0 Å². The molecule has 5 nitrogen and oxygen atoms in total. The molecule has 26 heavy (non-hydrogen) atoms. The number of hydrogen-bond acceptors (Lipinski definition) is 4. The molecule has 1 aromatic carbocycles. The first-order valence-corrected chi connectivity index (χ1v) is 9.83. The highest BCUT2D eigenvalue weighted by Crippen LogP contribution is 2.35. The van der Waals surface area contributed by atoms with Crippen LogP contribution in [0.4, 0.5) is 5.69 Å². The van der Waals surface area contributed by atoms with E-state index in [0.29, 0.717) is 21.5 Å². The average molecular weight is 390 g/mol. The van der Waals surface area contributed by atoms with Crippen molar-refractivity contribution in [1.29, 1.82) is 0 Å². The number of amides is 2. The largest absolute Gasteiger partial charge is 0.343 e. The molecule has 2 aromatic rings. The van der Waals surface area contributed by atoms with Crippen molar-refractivity contribution in [2.45, 2.75) is 36.0 Å². The lowest BCUT2D eigenvalue weighted by molar-refractivity contribution is -0.115. The average Bonchev–Trinajstić information content (AvgIpc) is 3.15. The molecule has 0 radical (unpaired) electrons. The van der Waals surface area contributed by atoms with E-state index in [-0.39, 0.29) is 18.4 Å². The number of thioether (sulfide) groups is 1. The van der Waals surface area contributed by atoms with Gasteiger partial charge in [-0.3, -0.25) is 9.59 Å². The fourth-order valence-electron chi connectivity index (χ4n) is 2.82. The van der Waals surface area contributed by atoms with Gasteiger partial charge < -0.3 is 10.6 Å². The molecule has 1 aromatic heterocycles. The number of benzene rings is 1. The normalized spacial score (nSPS) is 14.2. The molecular weight excluding hydrogens is 370 g/mol. The van der Waals surface area contributed by atoms with Crippen molar-refractivity contribution in [3.05, 3.63) is 53.2 Å². The number of nitrogens with zero attached hydrogens (tertiary/aromatic N) is 1. The molecule has 1 saturated carbocycles. The Balaban J connectivity index is 1.56. The fourth-order valence-corrected chi connectivity index (χ4v) is 4.24. The predicted octanol–water partition coefficient (Wildman–Crippen LogP) is 4.14. The Kier molecular flexibility index (Phi) is 6.52. The first-order valence-electron chi connectivity index (χ1n) is 8.57. The van der Waals surface area contributed by atoms with E-state index in [9.17, 15) is 9.59 Å². The van der Waals surface area contributed by atoms with Crippen molar-refractivity contribution < 1.29 is 9.59 Å². The Bertz CT molecular complexity index is 777. The lowest BCUT2D eigenvalue weighted by Gasteiger charge is -2.12. The molecule has 0 unspecified atom stereocenters. The predicted molar refractivity (Wildman–Crippen MR) is 105 cm³/mol. The first-order chi connectivity index (χ1) is 12.6. The Labute approximate surface area is 161 Å². The molecule has 0 spiro atoms. The number of anilines is 1. The summed E-state index contributed by atoms with van der Waals surface area (Å²) in [6.07, 6.45) is 6.48. The van der Waals surface area contributed by atoms with Crippen LogP contribution < -0.4 is 10.6 Å². The van der Waals surface area contributed by atoms with Gasteiger partial charge in [0.15, 0.2) is 0 Å². The molecule has 7 heteroatoms. The molecule has 1 aliphatic rings. The monoisotopic (exact) mass is 389 g/mol. The second kappa shape index (κ2) is 9.05. The highest BCUT2D eigenvalue weighted by Gasteiger charge is 2.20. The molecule has 2 N–H and O–H groups in total. The SMILES string of the molecule is O=C(CNC(=O)c1cccnc1SC1CCCC1)Nc1ccc(Cl)cc1. The van der Waals surface area contributed by atoms with Gasteiger partial charge in [-0.1, -0.05) is 24.4 Å². The van der Waals surface area contributed by atoms with Crippen LogP contribution in [0, 0.1) is 0 Å². The van der Waals surface area contributed by atoms with E-state index in [2.05, 4.69) is 15.6 Å². The van der Waals surface area contributed by atoms with Gasteiger partial charge in [0.2, 0.25) is 5.91 Å². The third-order valence-corrected chi connectivity index (χ3v) is 5.74. The number of hydrogen-bond donors (Lipinski definition) is 2. The maximum atomic E-state index is 12.5. The van der Waals surface area contributed by atoms with Gasteiger partial charge in [-0.2, -0.15) is 0 Å². The third-order valence-electron chi connectivity index (χ3n) is 4.13. The third kappa shape index (κ3) is 5.22. The first kappa shape index (κ1) is 18.7. The van der Waals surface area contributed by atoms with Gasteiger partial charge in [-0.15, -0.1) is 11.8 Å². The van der Waals surface area contributed by atoms with Crippen LogP contribution in [0.5, 0.6) is 0 Å². The summed E-state index contributed by atoms with van der Waals surface area (Å²) in [5, 5.41) is 7.23. The van der Waals surface area contributed by atoms with E-state index in [1.54, 1.807) is 54.4 Å². The summed E-state index contributed by atoms with van der Waals surface area (Å²) in [5.41, 5.74) is 1.15. The van der Waals surface area contributed by atoms with Crippen molar-refractivity contribution in [1.82, 2.24) is 10.3 Å². The number of aromatic nitrogens is 1. The smallest absolute Gasteiger partial charge is 0.254 e. The van der Waals surface area contributed by atoms with Gasteiger partial charge in [0.25, 0.3) is 5.91 Å². The Morgan fingerprint density at radius 1 is 1.15 bits per heavy atom. The maximum Gasteiger partial charge on any atom is 0.254 e. The standard InChI is InChI=1S/C19H20ClN3O2S/c20-13-7-9-14(10-8-13)23-17(24)12-22-18(25)16-6-3-11-21-19(16)26-15-4-1-2-5-15/h3,6-11,15H,1-2,4-5,12H2,(H,22,25)(H,23,24). The van der Waals surface area contributed by atoms with Crippen LogP contribution in [0.15, 0.2) is 47.6 Å². The second-order valence-corrected chi connectivity index (χ2v) is 7.84. The van der Waals surface area contributed by atoms with Crippen LogP contribution in [0.2, 0.25) is 5.02 Å². The molecule has 1 fully saturated rings. The van der Waals surface area contributed by atoms with E-state index in [4.69, 9.17) is 11.6 Å². The summed E-state index contributed by atoms with van der Waals surface area (Å²) < 4.78 is 0. The molecule has 1 aliphatic carbocycles. The lowest BCUT2D eigenvalue weighted by atomic mass is 10.2. The molecule has 0 bridgehead atoms. The minimum Gasteiger partial charge on any atom is -0.343 e. The van der Waals surface area contributed by atoms with E-state index in [0.717, 1.165) is 17.9 Å². The maximum absolute atomic E-state index is 12.5. The minimum absolute atomic E-state index is 0.107. The molecule has 1 heterocycles. The summed E-state index contributed by atoms with van der Waals surface area (Å²) in [4.78, 5) is 28.9. The summed E-state index contributed by atoms with van der Waals surface area (Å²) in [5.74, 6) is -0.584. The number of nitrogens with one attached hydrogen (secondary N) is 2. The minimum atomic E-state index is -0.297. The molecular formula is C19H20ClN3O2S. The lowest BCUT2D eigenvalue weighted by Crippen LogP contribution is -2.33. The highest BCUT2D eigenvalue weighted by molar-refractivity contribution is 7.99. The number of halogens is 1. The molecule has 3 rings (SSSR count). The summed E-state index contributed by atoms with van der Waals surface area (Å²) in [6, 6.07) is 10.3. The van der Waals surface area contributed by atoms with Crippen molar-refractivity contribution in [3.63, 3.8) is 0 Å². The van der Waals surface area contributed by atoms with Crippen LogP contribution in [0.1, 0.15) is 36.0 Å². The van der Waals surface area contributed by atoms with Gasteiger partial charge in [-0.25, -0.2) is 4.98 Å².